The van der Waals surface area contributed by atoms with Crippen molar-refractivity contribution in [3.05, 3.63) is 215 Å². The largest absolute Gasteiger partial charge is 0.473 e. The van der Waals surface area contributed by atoms with E-state index >= 15 is 0 Å². The summed E-state index contributed by atoms with van der Waals surface area (Å²) in [4.78, 5) is 3.98. The molecule has 68 heavy (non-hydrogen) atoms. The van der Waals surface area contributed by atoms with Crippen molar-refractivity contribution in [1.82, 2.24) is 4.98 Å². The Hall–Kier alpha value is -2.68. The average Bonchev–Trinajstić information content (AvgIpc) is 4.11. The molecule has 6 rings (SSSR count). The van der Waals surface area contributed by atoms with Crippen molar-refractivity contribution in [3.8, 4) is 0 Å². The fraction of sp³-hybridized carbons (Fsp3) is 0.379. The van der Waals surface area contributed by atoms with Crippen LogP contribution in [0.25, 0.3) is 10.8 Å². The van der Waals surface area contributed by atoms with Crippen LogP contribution in [0.15, 0.2) is 161 Å². The summed E-state index contributed by atoms with van der Waals surface area (Å²) in [5.74, 6) is 0. The Bertz CT molecular complexity index is 1050. The minimum atomic E-state index is 0. The van der Waals surface area contributed by atoms with E-state index in [1.54, 1.807) is 30.1 Å². The first-order chi connectivity index (χ1) is 26.4. The quantitative estimate of drug-likeness (QED) is 0.112. The molecule has 0 aliphatic rings. The number of aryl methyl sites for hydroxylation is 1. The summed E-state index contributed by atoms with van der Waals surface area (Å²) in [5.41, 5.74) is 1.07. The minimum Gasteiger partial charge on any atom is -0.473 e. The fourth-order valence-electron chi connectivity index (χ4n) is 2.42. The molecule has 10 heteroatoms. The van der Waals surface area contributed by atoms with Gasteiger partial charge in [-0.15, -0.1) is 0 Å². The predicted molar refractivity (Wildman–Crippen MR) is 307 cm³/mol. The van der Waals surface area contributed by atoms with E-state index in [9.17, 15) is 0 Å². The van der Waals surface area contributed by atoms with Crippen LogP contribution >= 0.6 is 11.3 Å². The zero-order chi connectivity index (χ0) is 43.2. The normalized spacial score (nSPS) is 5.13. The van der Waals surface area contributed by atoms with Crippen LogP contribution in [0.5, 0.6) is 0 Å². The van der Waals surface area contributed by atoms with Crippen LogP contribution in [-0.4, -0.2) is 4.98 Å². The van der Waals surface area contributed by atoms with Gasteiger partial charge in [-0.1, -0.05) is 249 Å². The minimum absolute atomic E-state index is 0. The van der Waals surface area contributed by atoms with Gasteiger partial charge in [-0.2, -0.15) is 11.3 Å². The van der Waals surface area contributed by atoms with Gasteiger partial charge in [0.1, 0.15) is 0 Å². The summed E-state index contributed by atoms with van der Waals surface area (Å²) in [7, 11) is 0. The molecule has 0 spiro atoms. The summed E-state index contributed by atoms with van der Waals surface area (Å²) < 4.78 is 4.58. The van der Waals surface area contributed by atoms with Crippen LogP contribution in [-0.2, 0) is 101 Å². The third kappa shape index (κ3) is 159. The number of nitrogens with zero attached hydrogens (tertiary/aromatic N) is 1. The van der Waals surface area contributed by atoms with Gasteiger partial charge in [0.2, 0.25) is 0 Å². The summed E-state index contributed by atoms with van der Waals surface area (Å²) in [6.45, 7) is 42.0. The van der Waals surface area contributed by atoms with Gasteiger partial charge in [0.15, 0.2) is 0 Å². The van der Waals surface area contributed by atoms with Crippen molar-refractivity contribution in [2.24, 2.45) is 0 Å². The van der Waals surface area contributed by atoms with Crippen LogP contribution < -0.4 is 0 Å². The van der Waals surface area contributed by atoms with Gasteiger partial charge in [0.25, 0.3) is 0 Å². The summed E-state index contributed by atoms with van der Waals surface area (Å²) >= 11 is 1.71. The smallest absolute Gasteiger partial charge is 0.0902 e. The first-order valence-corrected chi connectivity index (χ1v) is 21.6. The van der Waals surface area contributed by atoms with Crippen LogP contribution in [0.2, 0.25) is 0 Å². The Morgan fingerprint density at radius 1 is 0.338 bits per heavy atom. The molecule has 3 aromatic heterocycles. The second-order valence-electron chi connectivity index (χ2n) is 6.56. The van der Waals surface area contributed by atoms with Gasteiger partial charge in [0, 0.05) is 113 Å². The van der Waals surface area contributed by atoms with Crippen molar-refractivity contribution in [2.45, 2.75) is 153 Å². The third-order valence-electron chi connectivity index (χ3n) is 3.99. The first kappa shape index (κ1) is 158. The number of furan rings is 1. The molecule has 0 aliphatic heterocycles. The van der Waals surface area contributed by atoms with Crippen molar-refractivity contribution in [1.29, 1.82) is 0 Å². The molecule has 411 valence electrons. The molecule has 6 aromatic rings. The Morgan fingerprint density at radius 2 is 0.559 bits per heavy atom. The average molecular weight is 2260 g/mol. The van der Waals surface area contributed by atoms with E-state index in [0.717, 1.165) is 5.69 Å². The van der Waals surface area contributed by atoms with Crippen LogP contribution in [0, 0.1) is 58.9 Å². The molecule has 3 heterocycles. The van der Waals surface area contributed by atoms with E-state index in [2.05, 4.69) is 57.9 Å². The number of benzene rings is 3. The van der Waals surface area contributed by atoms with Crippen LogP contribution in [0.4, 0.5) is 0 Å². The number of aromatic nitrogens is 1. The number of hydrogen-bond donors (Lipinski definition) is 0. The summed E-state index contributed by atoms with van der Waals surface area (Å²) in [5, 5.41) is 6.70. The number of thiophene rings is 1. The Labute approximate surface area is 495 Å². The standard InChI is InChI=1S/C10H8.C6H7N.C6H6.C4H4O.C4H4S.10C2H6.CH4.7CH3.4Re.2Rf.Rh/c1-2-6-10-8-4-3-7-9(10)5-1;1-6-4-2-3-5-7-6;1-2-4-6-5-3-1;2*1-2-4-5-3-1;10*1-2;;;;;;;;;;;;;;;/h1-8H;2-5H,1H3;1-6H;2*1-4H;10*1-2H3;1H4;7*1H3;;;;;;;/q;;;;;;;;;;;;;;;;7*-1;;;;;;;. The van der Waals surface area contributed by atoms with Gasteiger partial charge >= 0.3 is 0 Å². The molecule has 0 unspecified atom stereocenters. The maximum Gasteiger partial charge on any atom is 0.0902 e. The first-order valence-electron chi connectivity index (χ1n) is 20.6. The molecule has 0 atom stereocenters. The van der Waals surface area contributed by atoms with E-state index in [4.69, 9.17) is 0 Å². The topological polar surface area (TPSA) is 26.0 Å². The zero-order valence-corrected chi connectivity index (χ0v) is 75.2. The molecule has 5 radical (unpaired) electrons. The van der Waals surface area contributed by atoms with E-state index in [1.165, 1.54) is 10.8 Å². The van der Waals surface area contributed by atoms with Crippen LogP contribution in [0.1, 0.15) is 152 Å². The van der Waals surface area contributed by atoms with Crippen molar-refractivity contribution < 1.29 is 106 Å². The van der Waals surface area contributed by atoms with Crippen molar-refractivity contribution in [2.75, 3.05) is 0 Å². The second-order valence-corrected chi connectivity index (χ2v) is 7.38. The maximum atomic E-state index is 4.58. The Morgan fingerprint density at radius 3 is 0.676 bits per heavy atom. The summed E-state index contributed by atoms with van der Waals surface area (Å²) in [6.07, 6.45) is 5.04. The monoisotopic (exact) mass is 2260 g/mol. The van der Waals surface area contributed by atoms with E-state index in [-0.39, 0.29) is 161 Å². The molecule has 0 amide bonds. The van der Waals surface area contributed by atoms with Gasteiger partial charge in [-0.3, -0.25) is 4.98 Å². The molecule has 0 saturated carbocycles. The molecule has 0 saturated heterocycles. The molecular weight excluding hydrogens is 2140 g/mol. The second kappa shape index (κ2) is 207. The fourth-order valence-corrected chi connectivity index (χ4v) is 2.87. The molecule has 3 aromatic carbocycles. The van der Waals surface area contributed by atoms with Crippen molar-refractivity contribution in [3.63, 3.8) is 0 Å². The van der Waals surface area contributed by atoms with E-state index in [1.807, 2.05) is 235 Å². The zero-order valence-electron chi connectivity index (χ0n) is 49.0. The molecule has 0 bridgehead atoms. The van der Waals surface area contributed by atoms with Gasteiger partial charge < -0.3 is 56.4 Å². The van der Waals surface area contributed by atoms with E-state index < -0.39 is 0 Å². The number of fused-ring (bicyclic) bond motifs is 1. The van der Waals surface area contributed by atoms with Gasteiger partial charge in [-0.05, 0) is 52.7 Å². The molecule has 0 aliphatic carbocycles. The molecule has 0 fully saturated rings. The molecular formula is C58H114NORe4Rf2RhS-7. The summed E-state index contributed by atoms with van der Waals surface area (Å²) in [6, 6.07) is 42.3. The maximum absolute atomic E-state index is 4.58. The predicted octanol–water partition coefficient (Wildman–Crippen LogP) is 23.0. The Kier molecular flexibility index (Phi) is 481. The molecule has 0 N–H and O–H groups in total. The van der Waals surface area contributed by atoms with E-state index in [0.29, 0.717) is 0 Å². The Balaban J connectivity index is -0.0000000142. The van der Waals surface area contributed by atoms with Crippen LogP contribution in [0.3, 0.4) is 0 Å². The number of rotatable bonds is 0. The SMILES string of the molecule is C.CC.CC.CC.CC.CC.CC.CC.CC.CC.CC.Cc1ccccn1.[CH3-].[CH3-].[CH3-].[CH3-].[CH3-].[CH3-].[CH3-].[Re].[Re].[Re].[Re].[Rf].[Rf].[Rh].c1ccc2ccccc2c1.c1ccccc1.c1ccoc1.c1ccsc1. The number of pyridine rings is 1. The van der Waals surface area contributed by atoms with Crippen molar-refractivity contribution >= 4 is 22.1 Å². The third-order valence-corrected chi connectivity index (χ3v) is 4.62. The van der Waals surface area contributed by atoms with Gasteiger partial charge in [0.05, 0.1) is 12.5 Å². The van der Waals surface area contributed by atoms with Gasteiger partial charge in [-0.25, -0.2) is 0 Å². The number of hydrogen-bond acceptors (Lipinski definition) is 3. The molecule has 2 nitrogen and oxygen atoms in total.